The first-order valence-corrected chi connectivity index (χ1v) is 6.79. The Morgan fingerprint density at radius 1 is 1.47 bits per heavy atom. The number of nitrogens with zero attached hydrogens (tertiary/aromatic N) is 2. The molecule has 92 valence electrons. The largest absolute Gasteiger partial charge is 0.306 e. The van der Waals surface area contributed by atoms with Crippen LogP contribution in [0.25, 0.3) is 0 Å². The predicted octanol–water partition coefficient (Wildman–Crippen LogP) is 2.80. The highest BCUT2D eigenvalue weighted by atomic mass is 32.1. The van der Waals surface area contributed by atoms with Crippen molar-refractivity contribution in [3.05, 3.63) is 39.3 Å². The van der Waals surface area contributed by atoms with Crippen LogP contribution in [0.2, 0.25) is 0 Å². The van der Waals surface area contributed by atoms with E-state index in [0.29, 0.717) is 0 Å². The average molecular weight is 249 g/mol. The zero-order chi connectivity index (χ0) is 12.4. The van der Waals surface area contributed by atoms with Crippen molar-refractivity contribution in [3.8, 4) is 0 Å². The molecule has 0 saturated carbocycles. The van der Waals surface area contributed by atoms with Gasteiger partial charge in [0.1, 0.15) is 0 Å². The molecule has 0 aliphatic carbocycles. The van der Waals surface area contributed by atoms with Crippen LogP contribution < -0.4 is 5.32 Å². The van der Waals surface area contributed by atoms with Crippen molar-refractivity contribution in [1.82, 2.24) is 15.1 Å². The molecule has 2 rings (SSSR count). The van der Waals surface area contributed by atoms with Gasteiger partial charge in [0, 0.05) is 23.2 Å². The molecular formula is C13H19N3S. The van der Waals surface area contributed by atoms with E-state index in [1.165, 1.54) is 21.7 Å². The summed E-state index contributed by atoms with van der Waals surface area (Å²) in [6.07, 6.45) is 1.97. The molecule has 1 atom stereocenters. The van der Waals surface area contributed by atoms with E-state index in [1.54, 1.807) is 0 Å². The Morgan fingerprint density at radius 3 is 2.71 bits per heavy atom. The van der Waals surface area contributed by atoms with Crippen molar-refractivity contribution < 1.29 is 0 Å². The summed E-state index contributed by atoms with van der Waals surface area (Å²) in [6.45, 7) is 7.38. The number of aromatic nitrogens is 2. The van der Waals surface area contributed by atoms with E-state index < -0.39 is 0 Å². The van der Waals surface area contributed by atoms with Crippen LogP contribution in [0, 0.1) is 13.8 Å². The number of rotatable bonds is 4. The maximum atomic E-state index is 4.34. The van der Waals surface area contributed by atoms with Crippen LogP contribution in [0.15, 0.2) is 17.6 Å². The van der Waals surface area contributed by atoms with E-state index in [-0.39, 0.29) is 6.04 Å². The van der Waals surface area contributed by atoms with Crippen LogP contribution in [0.3, 0.4) is 0 Å². The lowest BCUT2D eigenvalue weighted by Crippen LogP contribution is -2.22. The molecule has 0 radical (unpaired) electrons. The summed E-state index contributed by atoms with van der Waals surface area (Å²) >= 11 is 1.81. The van der Waals surface area contributed by atoms with Gasteiger partial charge in [-0.3, -0.25) is 4.68 Å². The van der Waals surface area contributed by atoms with Crippen LogP contribution >= 0.6 is 11.3 Å². The van der Waals surface area contributed by atoms with Crippen molar-refractivity contribution in [2.75, 3.05) is 6.54 Å². The van der Waals surface area contributed by atoms with Crippen LogP contribution in [-0.4, -0.2) is 16.3 Å². The van der Waals surface area contributed by atoms with E-state index in [2.05, 4.69) is 42.6 Å². The maximum Gasteiger partial charge on any atom is 0.0707 e. The lowest BCUT2D eigenvalue weighted by Gasteiger charge is -2.17. The Labute approximate surface area is 106 Å². The first-order chi connectivity index (χ1) is 8.15. The quantitative estimate of drug-likeness (QED) is 0.903. The minimum Gasteiger partial charge on any atom is -0.306 e. The van der Waals surface area contributed by atoms with Gasteiger partial charge in [0.15, 0.2) is 0 Å². The minimum atomic E-state index is 0.272. The topological polar surface area (TPSA) is 29.9 Å². The lowest BCUT2D eigenvalue weighted by molar-refractivity contribution is 0.631. The maximum absolute atomic E-state index is 4.34. The summed E-state index contributed by atoms with van der Waals surface area (Å²) in [5, 5.41) is 10.0. The van der Waals surface area contributed by atoms with Crippen molar-refractivity contribution in [2.45, 2.75) is 26.8 Å². The summed E-state index contributed by atoms with van der Waals surface area (Å²) in [5.74, 6) is 0. The molecule has 0 aliphatic heterocycles. The van der Waals surface area contributed by atoms with Crippen molar-refractivity contribution >= 4 is 11.3 Å². The molecule has 0 fully saturated rings. The molecule has 0 bridgehead atoms. The van der Waals surface area contributed by atoms with Crippen LogP contribution in [-0.2, 0) is 7.05 Å². The van der Waals surface area contributed by atoms with Gasteiger partial charge in [-0.15, -0.1) is 11.3 Å². The SMILES string of the molecule is CCNC(c1cnn(C)c1C)c1sccc1C. The van der Waals surface area contributed by atoms with Gasteiger partial charge in [0.05, 0.1) is 12.2 Å². The molecule has 2 aromatic rings. The van der Waals surface area contributed by atoms with E-state index in [0.717, 1.165) is 6.54 Å². The first-order valence-electron chi connectivity index (χ1n) is 5.91. The first kappa shape index (κ1) is 12.3. The van der Waals surface area contributed by atoms with Crippen LogP contribution in [0.1, 0.15) is 34.7 Å². The third kappa shape index (κ3) is 2.28. The van der Waals surface area contributed by atoms with Gasteiger partial charge in [-0.05, 0) is 37.4 Å². The third-order valence-electron chi connectivity index (χ3n) is 3.16. The Kier molecular flexibility index (Phi) is 3.64. The smallest absolute Gasteiger partial charge is 0.0707 e. The third-order valence-corrected chi connectivity index (χ3v) is 4.24. The van der Waals surface area contributed by atoms with Crippen LogP contribution in [0.4, 0.5) is 0 Å². The molecule has 0 spiro atoms. The minimum absolute atomic E-state index is 0.272. The normalized spacial score (nSPS) is 12.9. The molecule has 0 amide bonds. The molecular weight excluding hydrogens is 230 g/mol. The summed E-state index contributed by atoms with van der Waals surface area (Å²) in [4.78, 5) is 1.39. The summed E-state index contributed by atoms with van der Waals surface area (Å²) in [5.41, 5.74) is 3.85. The zero-order valence-electron chi connectivity index (χ0n) is 10.8. The van der Waals surface area contributed by atoms with Crippen molar-refractivity contribution in [3.63, 3.8) is 0 Å². The second-order valence-corrected chi connectivity index (χ2v) is 5.22. The van der Waals surface area contributed by atoms with E-state index in [4.69, 9.17) is 0 Å². The fourth-order valence-corrected chi connectivity index (χ4v) is 3.05. The fraction of sp³-hybridized carbons (Fsp3) is 0.462. The highest BCUT2D eigenvalue weighted by Crippen LogP contribution is 2.30. The standard InChI is InChI=1S/C13H19N3S/c1-5-14-12(13-9(2)6-7-17-13)11-8-15-16(4)10(11)3/h6-8,12,14H,5H2,1-4H3. The number of thiophene rings is 1. The Balaban J connectivity index is 2.43. The van der Waals surface area contributed by atoms with Gasteiger partial charge in [-0.2, -0.15) is 5.10 Å². The molecule has 2 heterocycles. The molecule has 1 N–H and O–H groups in total. The van der Waals surface area contributed by atoms with Gasteiger partial charge in [-0.1, -0.05) is 6.92 Å². The monoisotopic (exact) mass is 249 g/mol. The molecule has 0 aliphatic rings. The van der Waals surface area contributed by atoms with E-state index in [1.807, 2.05) is 29.3 Å². The second-order valence-electron chi connectivity index (χ2n) is 4.27. The molecule has 0 aromatic carbocycles. The van der Waals surface area contributed by atoms with Crippen LogP contribution in [0.5, 0.6) is 0 Å². The van der Waals surface area contributed by atoms with Gasteiger partial charge < -0.3 is 5.32 Å². The second kappa shape index (κ2) is 5.02. The van der Waals surface area contributed by atoms with Crippen molar-refractivity contribution in [2.24, 2.45) is 7.05 Å². The Hall–Kier alpha value is -1.13. The molecule has 2 aromatic heterocycles. The molecule has 17 heavy (non-hydrogen) atoms. The predicted molar refractivity (Wildman–Crippen MR) is 72.5 cm³/mol. The molecule has 1 unspecified atom stereocenters. The number of hydrogen-bond donors (Lipinski definition) is 1. The molecule has 0 saturated heterocycles. The lowest BCUT2D eigenvalue weighted by atomic mass is 10.0. The van der Waals surface area contributed by atoms with Gasteiger partial charge in [0.25, 0.3) is 0 Å². The Morgan fingerprint density at radius 2 is 2.24 bits per heavy atom. The van der Waals surface area contributed by atoms with Gasteiger partial charge in [-0.25, -0.2) is 0 Å². The van der Waals surface area contributed by atoms with E-state index in [9.17, 15) is 0 Å². The Bertz CT molecular complexity index is 498. The average Bonchev–Trinajstić information content (AvgIpc) is 2.85. The number of hydrogen-bond acceptors (Lipinski definition) is 3. The number of nitrogens with one attached hydrogen (secondary N) is 1. The highest BCUT2D eigenvalue weighted by Gasteiger charge is 2.20. The number of aryl methyl sites for hydroxylation is 2. The summed E-state index contributed by atoms with van der Waals surface area (Å²) < 4.78 is 1.93. The zero-order valence-corrected chi connectivity index (χ0v) is 11.6. The molecule has 3 nitrogen and oxygen atoms in total. The van der Waals surface area contributed by atoms with Gasteiger partial charge >= 0.3 is 0 Å². The summed E-state index contributed by atoms with van der Waals surface area (Å²) in [6, 6.07) is 2.45. The highest BCUT2D eigenvalue weighted by molar-refractivity contribution is 7.10. The fourth-order valence-electron chi connectivity index (χ4n) is 2.03. The summed E-state index contributed by atoms with van der Waals surface area (Å²) in [7, 11) is 1.99. The van der Waals surface area contributed by atoms with Crippen molar-refractivity contribution in [1.29, 1.82) is 0 Å². The van der Waals surface area contributed by atoms with E-state index >= 15 is 0 Å². The van der Waals surface area contributed by atoms with Gasteiger partial charge in [0.2, 0.25) is 0 Å². The molecule has 4 heteroatoms.